The minimum Gasteiger partial charge on any atom is -0.366 e. The number of primary amides is 1. The van der Waals surface area contributed by atoms with E-state index in [1.54, 1.807) is 0 Å². The Balaban J connectivity index is 2.19. The minimum atomic E-state index is -4.72. The van der Waals surface area contributed by atoms with Crippen LogP contribution in [0.5, 0.6) is 0 Å². The quantitative estimate of drug-likeness (QED) is 0.821. The van der Waals surface area contributed by atoms with Gasteiger partial charge in [-0.1, -0.05) is 11.6 Å². The van der Waals surface area contributed by atoms with Crippen molar-refractivity contribution in [1.29, 1.82) is 0 Å². The molecule has 2 rings (SSSR count). The number of sulfone groups is 1. The van der Waals surface area contributed by atoms with E-state index in [0.29, 0.717) is 0 Å². The highest BCUT2D eigenvalue weighted by molar-refractivity contribution is 7.91. The van der Waals surface area contributed by atoms with Crippen molar-refractivity contribution in [3.05, 3.63) is 58.6 Å². The van der Waals surface area contributed by atoms with Crippen LogP contribution >= 0.6 is 11.6 Å². The molecule has 2 aromatic rings. The van der Waals surface area contributed by atoms with Gasteiger partial charge in [0.2, 0.25) is 15.7 Å². The molecule has 132 valence electrons. The number of anilines is 1. The minimum absolute atomic E-state index is 0.0447. The van der Waals surface area contributed by atoms with E-state index in [1.807, 2.05) is 0 Å². The van der Waals surface area contributed by atoms with Crippen LogP contribution in [0, 0.1) is 0 Å². The van der Waals surface area contributed by atoms with Crippen LogP contribution in [0.3, 0.4) is 0 Å². The highest BCUT2D eigenvalue weighted by Crippen LogP contribution is 2.22. The summed E-state index contributed by atoms with van der Waals surface area (Å²) in [6.07, 6.45) is 0. The molecule has 0 heterocycles. The maximum absolute atomic E-state index is 12.5. The molecule has 25 heavy (non-hydrogen) atoms. The first-order valence-corrected chi connectivity index (χ1v) is 8.58. The monoisotopic (exact) mass is 388 g/mol. The van der Waals surface area contributed by atoms with Crippen molar-refractivity contribution < 1.29 is 26.8 Å². The second kappa shape index (κ2) is 7.16. The zero-order valence-corrected chi connectivity index (χ0v) is 13.9. The van der Waals surface area contributed by atoms with Crippen LogP contribution in [0.25, 0.3) is 0 Å². The molecule has 0 saturated heterocycles. The third kappa shape index (κ3) is 4.12. The molecule has 0 saturated carbocycles. The van der Waals surface area contributed by atoms with E-state index in [9.17, 15) is 26.8 Å². The summed E-state index contributed by atoms with van der Waals surface area (Å²) in [6.45, 7) is 0. The summed E-state index contributed by atoms with van der Waals surface area (Å²) in [5, 5.41) is 2.52. The second-order valence-electron chi connectivity index (χ2n) is 4.84. The fraction of sp³-hybridized carbons (Fsp3) is 0.0667. The summed E-state index contributed by atoms with van der Waals surface area (Å²) in [7, 11) is -4.72. The van der Waals surface area contributed by atoms with Crippen LogP contribution in [0.2, 0.25) is 5.02 Å². The van der Waals surface area contributed by atoms with E-state index >= 15 is 0 Å². The summed E-state index contributed by atoms with van der Waals surface area (Å²) in [5.74, 6) is -4.89. The van der Waals surface area contributed by atoms with E-state index in [0.717, 1.165) is 24.3 Å². The lowest BCUT2D eigenvalue weighted by Gasteiger charge is -2.08. The van der Waals surface area contributed by atoms with Gasteiger partial charge in [-0.05, 0) is 42.5 Å². The SMILES string of the molecule is NC(=O)c1ccc(NC(=O)c2ccc(S(=O)(=O)C(F)F)cc2)cc1Cl. The average molecular weight is 389 g/mol. The van der Waals surface area contributed by atoms with Gasteiger partial charge in [-0.25, -0.2) is 8.42 Å². The number of amides is 2. The van der Waals surface area contributed by atoms with Gasteiger partial charge in [0, 0.05) is 11.3 Å². The first kappa shape index (κ1) is 18.8. The Morgan fingerprint density at radius 3 is 2.16 bits per heavy atom. The molecule has 2 amide bonds. The molecule has 0 aliphatic carbocycles. The molecule has 10 heteroatoms. The van der Waals surface area contributed by atoms with Gasteiger partial charge in [0.1, 0.15) is 0 Å². The van der Waals surface area contributed by atoms with Crippen LogP contribution in [0.4, 0.5) is 14.5 Å². The van der Waals surface area contributed by atoms with Gasteiger partial charge in [0.25, 0.3) is 5.91 Å². The van der Waals surface area contributed by atoms with Crippen LogP contribution in [0.15, 0.2) is 47.4 Å². The number of hydrogen-bond donors (Lipinski definition) is 2. The summed E-state index contributed by atoms with van der Waals surface area (Å²) < 4.78 is 47.6. The predicted molar refractivity (Wildman–Crippen MR) is 87.6 cm³/mol. The van der Waals surface area contributed by atoms with Crippen molar-refractivity contribution in [1.82, 2.24) is 0 Å². The van der Waals surface area contributed by atoms with Crippen molar-refractivity contribution in [3.8, 4) is 0 Å². The van der Waals surface area contributed by atoms with Crippen molar-refractivity contribution in [2.75, 3.05) is 5.32 Å². The standard InChI is InChI=1S/C15H11ClF2N2O4S/c16-12-7-9(3-6-11(12)13(19)21)20-14(22)8-1-4-10(5-2-8)25(23,24)15(17)18/h1-7,15H,(H2,19,21)(H,20,22). The van der Waals surface area contributed by atoms with Crippen molar-refractivity contribution in [3.63, 3.8) is 0 Å². The van der Waals surface area contributed by atoms with E-state index in [1.165, 1.54) is 18.2 Å². The van der Waals surface area contributed by atoms with Gasteiger partial charge >= 0.3 is 5.76 Å². The molecule has 0 radical (unpaired) electrons. The lowest BCUT2D eigenvalue weighted by Crippen LogP contribution is -2.15. The summed E-state index contributed by atoms with van der Waals surface area (Å²) >= 11 is 5.86. The largest absolute Gasteiger partial charge is 0.366 e. The fourth-order valence-electron chi connectivity index (χ4n) is 1.89. The number of hydrogen-bond acceptors (Lipinski definition) is 4. The van der Waals surface area contributed by atoms with E-state index in [2.05, 4.69) is 5.32 Å². The fourth-order valence-corrected chi connectivity index (χ4v) is 2.89. The lowest BCUT2D eigenvalue weighted by atomic mass is 10.1. The van der Waals surface area contributed by atoms with Gasteiger partial charge in [-0.2, -0.15) is 8.78 Å². The highest BCUT2D eigenvalue weighted by atomic mass is 35.5. The summed E-state index contributed by atoms with van der Waals surface area (Å²) in [5.41, 5.74) is 5.51. The van der Waals surface area contributed by atoms with Crippen LogP contribution < -0.4 is 11.1 Å². The lowest BCUT2D eigenvalue weighted by molar-refractivity contribution is 0.0998. The zero-order valence-electron chi connectivity index (χ0n) is 12.4. The van der Waals surface area contributed by atoms with Gasteiger partial charge in [0.05, 0.1) is 15.5 Å². The van der Waals surface area contributed by atoms with E-state index in [4.69, 9.17) is 17.3 Å². The molecule has 0 aliphatic heterocycles. The molecule has 0 atom stereocenters. The third-order valence-corrected chi connectivity index (χ3v) is 4.88. The topological polar surface area (TPSA) is 106 Å². The molecular weight excluding hydrogens is 378 g/mol. The first-order chi connectivity index (χ1) is 11.6. The average Bonchev–Trinajstić information content (AvgIpc) is 2.54. The summed E-state index contributed by atoms with van der Waals surface area (Å²) in [6, 6.07) is 8.08. The number of nitrogens with two attached hydrogens (primary N) is 1. The van der Waals surface area contributed by atoms with E-state index < -0.39 is 32.3 Å². The number of rotatable bonds is 5. The van der Waals surface area contributed by atoms with Gasteiger partial charge < -0.3 is 11.1 Å². The Hall–Kier alpha value is -2.52. The Morgan fingerprint density at radius 2 is 1.68 bits per heavy atom. The number of carbonyl (C=O) groups is 2. The van der Waals surface area contributed by atoms with Gasteiger partial charge in [0.15, 0.2) is 0 Å². The van der Waals surface area contributed by atoms with Crippen LogP contribution in [-0.4, -0.2) is 26.0 Å². The maximum atomic E-state index is 12.5. The zero-order chi connectivity index (χ0) is 18.8. The Morgan fingerprint density at radius 1 is 1.08 bits per heavy atom. The third-order valence-electron chi connectivity index (χ3n) is 3.17. The molecule has 6 nitrogen and oxygen atoms in total. The van der Waals surface area contributed by atoms with Gasteiger partial charge in [-0.15, -0.1) is 0 Å². The molecule has 0 aromatic heterocycles. The predicted octanol–water partition coefficient (Wildman–Crippen LogP) is 2.69. The molecule has 0 spiro atoms. The molecule has 3 N–H and O–H groups in total. The molecule has 0 aliphatic rings. The van der Waals surface area contributed by atoms with E-state index in [-0.39, 0.29) is 21.8 Å². The molecule has 0 fully saturated rings. The molecule has 2 aromatic carbocycles. The number of benzene rings is 2. The number of alkyl halides is 2. The Labute approximate surface area is 146 Å². The van der Waals surface area contributed by atoms with Gasteiger partial charge in [-0.3, -0.25) is 9.59 Å². The Bertz CT molecular complexity index is 931. The molecule has 0 unspecified atom stereocenters. The number of carbonyl (C=O) groups excluding carboxylic acids is 2. The smallest absolute Gasteiger partial charge is 0.341 e. The second-order valence-corrected chi connectivity index (χ2v) is 7.17. The van der Waals surface area contributed by atoms with Crippen LogP contribution in [0.1, 0.15) is 20.7 Å². The van der Waals surface area contributed by atoms with Crippen molar-refractivity contribution in [2.45, 2.75) is 10.7 Å². The molecule has 0 bridgehead atoms. The maximum Gasteiger partial charge on any atom is 0.341 e. The van der Waals surface area contributed by atoms with Crippen molar-refractivity contribution >= 4 is 38.9 Å². The highest BCUT2D eigenvalue weighted by Gasteiger charge is 2.26. The van der Waals surface area contributed by atoms with Crippen LogP contribution in [-0.2, 0) is 9.84 Å². The molecular formula is C15H11ClF2N2O4S. The number of halogens is 3. The Kier molecular flexibility index (Phi) is 5.39. The normalized spacial score (nSPS) is 11.4. The first-order valence-electron chi connectivity index (χ1n) is 6.65. The summed E-state index contributed by atoms with van der Waals surface area (Å²) in [4.78, 5) is 22.6. The van der Waals surface area contributed by atoms with Crippen molar-refractivity contribution in [2.24, 2.45) is 5.73 Å². The number of nitrogens with one attached hydrogen (secondary N) is 1.